The molecule has 0 aliphatic heterocycles. The largest absolute Gasteiger partial charge is 0.459 e. The van der Waals surface area contributed by atoms with Crippen molar-refractivity contribution in [1.29, 1.82) is 0 Å². The highest BCUT2D eigenvalue weighted by atomic mass is 32.2. The Hall–Kier alpha value is -0.660. The van der Waals surface area contributed by atoms with Crippen molar-refractivity contribution in [2.24, 2.45) is 5.41 Å². The molecule has 0 aromatic carbocycles. The molecule has 1 aliphatic carbocycles. The van der Waals surface area contributed by atoms with Crippen LogP contribution in [0.25, 0.3) is 0 Å². The van der Waals surface area contributed by atoms with Crippen LogP contribution in [-0.4, -0.2) is 35.1 Å². The zero-order valence-corrected chi connectivity index (χ0v) is 10.2. The van der Waals surface area contributed by atoms with Gasteiger partial charge in [0.1, 0.15) is 11.0 Å². The first kappa shape index (κ1) is 13.4. The molecule has 1 unspecified atom stereocenters. The summed E-state index contributed by atoms with van der Waals surface area (Å²) in [6.07, 6.45) is 0.395. The zero-order chi connectivity index (χ0) is 12.8. The van der Waals surface area contributed by atoms with Gasteiger partial charge in [0.25, 0.3) is 10.1 Å². The van der Waals surface area contributed by atoms with Crippen LogP contribution in [-0.2, 0) is 19.6 Å². The third-order valence-electron chi connectivity index (χ3n) is 2.35. The Kier molecular flexibility index (Phi) is 3.08. The van der Waals surface area contributed by atoms with Crippen molar-refractivity contribution in [3.63, 3.8) is 0 Å². The van der Waals surface area contributed by atoms with E-state index < -0.39 is 32.5 Å². The van der Waals surface area contributed by atoms with Gasteiger partial charge in [-0.15, -0.1) is 0 Å². The number of carbonyl (C=O) groups is 1. The molecule has 16 heavy (non-hydrogen) atoms. The van der Waals surface area contributed by atoms with Gasteiger partial charge in [0, 0.05) is 0 Å². The van der Waals surface area contributed by atoms with Crippen LogP contribution in [0.5, 0.6) is 0 Å². The first-order chi connectivity index (χ1) is 6.99. The van der Waals surface area contributed by atoms with Crippen molar-refractivity contribution in [2.75, 3.05) is 0 Å². The Morgan fingerprint density at radius 2 is 1.81 bits per heavy atom. The predicted octanol–water partition coefficient (Wildman–Crippen LogP) is 0.315. The molecule has 7 heteroatoms. The molecular formula is C9H16O6S. The van der Waals surface area contributed by atoms with E-state index in [1.165, 1.54) is 0 Å². The van der Waals surface area contributed by atoms with Gasteiger partial charge in [-0.25, -0.2) is 0 Å². The normalized spacial score (nSPS) is 21.3. The fraction of sp³-hybridized carbons (Fsp3) is 0.889. The van der Waals surface area contributed by atoms with E-state index in [4.69, 9.17) is 9.29 Å². The highest BCUT2D eigenvalue weighted by Gasteiger charge is 2.61. The van der Waals surface area contributed by atoms with Crippen LogP contribution >= 0.6 is 0 Å². The number of carbonyl (C=O) groups excluding carboxylic acids is 1. The number of ether oxygens (including phenoxy) is 1. The summed E-state index contributed by atoms with van der Waals surface area (Å²) in [5.74, 6) is -0.787. The second-order valence-electron chi connectivity index (χ2n) is 5.03. The van der Waals surface area contributed by atoms with Crippen LogP contribution in [0, 0.1) is 5.41 Å². The standard InChI is InChI=1S/C9H16O6S/c1-8(2,3)15-6(10)9(4-5-9)7(11)16(12,13)14/h7,11H,4-5H2,1-3H3,(H,12,13,14). The maximum Gasteiger partial charge on any atom is 0.316 e. The lowest BCUT2D eigenvalue weighted by Crippen LogP contribution is -2.40. The van der Waals surface area contributed by atoms with Gasteiger partial charge in [0.2, 0.25) is 0 Å². The molecular weight excluding hydrogens is 236 g/mol. The van der Waals surface area contributed by atoms with E-state index in [0.29, 0.717) is 0 Å². The van der Waals surface area contributed by atoms with Gasteiger partial charge < -0.3 is 9.84 Å². The van der Waals surface area contributed by atoms with E-state index >= 15 is 0 Å². The van der Waals surface area contributed by atoms with Gasteiger partial charge in [-0.2, -0.15) is 8.42 Å². The summed E-state index contributed by atoms with van der Waals surface area (Å²) < 4.78 is 35.3. The molecule has 0 bridgehead atoms. The highest BCUT2D eigenvalue weighted by molar-refractivity contribution is 7.86. The van der Waals surface area contributed by atoms with E-state index in [0.717, 1.165) is 0 Å². The van der Waals surface area contributed by atoms with E-state index in [1.54, 1.807) is 20.8 Å². The summed E-state index contributed by atoms with van der Waals surface area (Å²) in [5.41, 5.74) is -4.35. The van der Waals surface area contributed by atoms with E-state index in [-0.39, 0.29) is 12.8 Å². The maximum atomic E-state index is 11.7. The molecule has 1 rings (SSSR count). The van der Waals surface area contributed by atoms with Gasteiger partial charge in [-0.05, 0) is 33.6 Å². The lowest BCUT2D eigenvalue weighted by atomic mass is 10.1. The molecule has 0 radical (unpaired) electrons. The summed E-state index contributed by atoms with van der Waals surface area (Å²) in [4.78, 5) is 11.7. The SMILES string of the molecule is CC(C)(C)OC(=O)C1(C(O)S(=O)(=O)O)CC1. The topological polar surface area (TPSA) is 101 Å². The molecule has 0 saturated heterocycles. The molecule has 0 aromatic rings. The zero-order valence-electron chi connectivity index (χ0n) is 9.43. The van der Waals surface area contributed by atoms with Gasteiger partial charge in [-0.1, -0.05) is 0 Å². The third kappa shape index (κ3) is 2.72. The molecule has 0 heterocycles. The van der Waals surface area contributed by atoms with Crippen LogP contribution in [0.4, 0.5) is 0 Å². The van der Waals surface area contributed by atoms with E-state index in [9.17, 15) is 18.3 Å². The minimum absolute atomic E-state index is 0.197. The second-order valence-corrected chi connectivity index (χ2v) is 6.50. The Bertz CT molecular complexity index is 387. The quantitative estimate of drug-likeness (QED) is 0.554. The number of aliphatic hydroxyl groups excluding tert-OH is 1. The van der Waals surface area contributed by atoms with Gasteiger partial charge >= 0.3 is 5.97 Å². The smallest absolute Gasteiger partial charge is 0.316 e. The Morgan fingerprint density at radius 3 is 2.06 bits per heavy atom. The molecule has 1 aliphatic rings. The van der Waals surface area contributed by atoms with Crippen LogP contribution < -0.4 is 0 Å². The average Bonchev–Trinajstić information content (AvgIpc) is 2.77. The number of hydrogen-bond donors (Lipinski definition) is 2. The van der Waals surface area contributed by atoms with Crippen LogP contribution in [0.2, 0.25) is 0 Å². The van der Waals surface area contributed by atoms with Gasteiger partial charge in [0.05, 0.1) is 0 Å². The van der Waals surface area contributed by atoms with Crippen molar-refractivity contribution in [3.05, 3.63) is 0 Å². The fourth-order valence-corrected chi connectivity index (χ4v) is 2.25. The predicted molar refractivity (Wildman–Crippen MR) is 55.1 cm³/mol. The molecule has 6 nitrogen and oxygen atoms in total. The average molecular weight is 252 g/mol. The summed E-state index contributed by atoms with van der Waals surface area (Å²) in [6, 6.07) is 0. The van der Waals surface area contributed by atoms with Crippen LogP contribution in [0.15, 0.2) is 0 Å². The number of esters is 1. The molecule has 1 atom stereocenters. The highest BCUT2D eigenvalue weighted by Crippen LogP contribution is 2.51. The Balaban J connectivity index is 2.84. The first-order valence-electron chi connectivity index (χ1n) is 4.87. The van der Waals surface area contributed by atoms with Crippen LogP contribution in [0.1, 0.15) is 33.6 Å². The third-order valence-corrected chi connectivity index (χ3v) is 3.36. The van der Waals surface area contributed by atoms with Crippen molar-refractivity contribution >= 4 is 16.1 Å². The molecule has 2 N–H and O–H groups in total. The Morgan fingerprint density at radius 1 is 1.38 bits per heavy atom. The molecule has 0 spiro atoms. The minimum atomic E-state index is -4.64. The van der Waals surface area contributed by atoms with E-state index in [1.807, 2.05) is 0 Å². The summed E-state index contributed by atoms with van der Waals surface area (Å²) in [5, 5.41) is 9.40. The maximum absolute atomic E-state index is 11.7. The fourth-order valence-electron chi connectivity index (χ4n) is 1.35. The van der Waals surface area contributed by atoms with Crippen molar-refractivity contribution in [1.82, 2.24) is 0 Å². The lowest BCUT2D eigenvalue weighted by molar-refractivity contribution is -0.164. The molecule has 1 saturated carbocycles. The van der Waals surface area contributed by atoms with Crippen LogP contribution in [0.3, 0.4) is 0 Å². The minimum Gasteiger partial charge on any atom is -0.459 e. The molecule has 1 fully saturated rings. The molecule has 0 amide bonds. The number of hydrogen-bond acceptors (Lipinski definition) is 5. The van der Waals surface area contributed by atoms with Gasteiger partial charge in [0.15, 0.2) is 5.44 Å². The Labute approximate surface area is 94.4 Å². The van der Waals surface area contributed by atoms with E-state index in [2.05, 4.69) is 0 Å². The van der Waals surface area contributed by atoms with Gasteiger partial charge in [-0.3, -0.25) is 9.35 Å². The summed E-state index contributed by atoms with van der Waals surface area (Å²) in [7, 11) is -4.64. The van der Waals surface area contributed by atoms with Crippen molar-refractivity contribution in [2.45, 2.75) is 44.6 Å². The molecule has 0 aromatic heterocycles. The second kappa shape index (κ2) is 3.68. The number of rotatable bonds is 3. The first-order valence-corrected chi connectivity index (χ1v) is 6.37. The lowest BCUT2D eigenvalue weighted by Gasteiger charge is -2.25. The number of aliphatic hydroxyl groups is 1. The monoisotopic (exact) mass is 252 g/mol. The molecule has 94 valence electrons. The van der Waals surface area contributed by atoms with Crippen molar-refractivity contribution in [3.8, 4) is 0 Å². The van der Waals surface area contributed by atoms with Crippen molar-refractivity contribution < 1.29 is 27.6 Å². The summed E-state index contributed by atoms with van der Waals surface area (Å²) in [6.45, 7) is 4.92. The summed E-state index contributed by atoms with van der Waals surface area (Å²) >= 11 is 0.